The molecular formula is C20H28N6O3S. The van der Waals surface area contributed by atoms with E-state index in [1.165, 1.54) is 21.4 Å². The van der Waals surface area contributed by atoms with Crippen molar-refractivity contribution in [2.45, 2.75) is 56.4 Å². The van der Waals surface area contributed by atoms with Crippen LogP contribution in [0.1, 0.15) is 66.4 Å². The Hall–Kier alpha value is -2.33. The van der Waals surface area contributed by atoms with Crippen molar-refractivity contribution in [3.63, 3.8) is 0 Å². The van der Waals surface area contributed by atoms with E-state index in [0.29, 0.717) is 30.0 Å². The fourth-order valence-corrected chi connectivity index (χ4v) is 5.88. The van der Waals surface area contributed by atoms with Crippen LogP contribution >= 0.6 is 0 Å². The molecule has 0 radical (unpaired) electrons. The van der Waals surface area contributed by atoms with E-state index in [9.17, 15) is 13.2 Å². The molecular weight excluding hydrogens is 404 g/mol. The Kier molecular flexibility index (Phi) is 5.88. The van der Waals surface area contributed by atoms with E-state index in [0.717, 1.165) is 45.2 Å². The molecule has 2 aromatic heterocycles. The van der Waals surface area contributed by atoms with Crippen molar-refractivity contribution in [2.75, 3.05) is 19.6 Å². The maximum atomic E-state index is 13.2. The number of aryl methyl sites for hydroxylation is 2. The molecule has 0 aliphatic carbocycles. The van der Waals surface area contributed by atoms with Crippen LogP contribution in [0.25, 0.3) is 0 Å². The van der Waals surface area contributed by atoms with Crippen molar-refractivity contribution in [2.24, 2.45) is 7.05 Å². The lowest BCUT2D eigenvalue weighted by Gasteiger charge is -2.33. The van der Waals surface area contributed by atoms with Gasteiger partial charge in [-0.3, -0.25) is 9.48 Å². The molecule has 0 unspecified atom stereocenters. The number of hydrogen-bond donors (Lipinski definition) is 0. The molecule has 2 aliphatic rings. The average molecular weight is 433 g/mol. The van der Waals surface area contributed by atoms with Gasteiger partial charge in [-0.1, -0.05) is 6.42 Å². The van der Waals surface area contributed by atoms with E-state index in [-0.39, 0.29) is 10.8 Å². The van der Waals surface area contributed by atoms with Gasteiger partial charge in [0, 0.05) is 39.1 Å². The van der Waals surface area contributed by atoms with Gasteiger partial charge < -0.3 is 4.90 Å². The molecule has 162 valence electrons. The van der Waals surface area contributed by atoms with E-state index in [1.54, 1.807) is 20.2 Å². The Bertz CT molecular complexity index is 1030. The van der Waals surface area contributed by atoms with Gasteiger partial charge in [0.2, 0.25) is 10.0 Å². The zero-order chi connectivity index (χ0) is 21.3. The lowest BCUT2D eigenvalue weighted by Crippen LogP contribution is -2.39. The molecule has 2 fully saturated rings. The third-order valence-corrected chi connectivity index (χ3v) is 7.77. The summed E-state index contributed by atoms with van der Waals surface area (Å²) in [5.74, 6) is 0.414. The molecule has 2 saturated heterocycles. The van der Waals surface area contributed by atoms with Gasteiger partial charge in [0.15, 0.2) is 0 Å². The van der Waals surface area contributed by atoms with Crippen molar-refractivity contribution in [3.05, 3.63) is 35.7 Å². The lowest BCUT2D eigenvalue weighted by molar-refractivity contribution is 0.0722. The third-order valence-electron chi connectivity index (χ3n) is 5.91. The second kappa shape index (κ2) is 8.43. The van der Waals surface area contributed by atoms with Crippen molar-refractivity contribution < 1.29 is 13.2 Å². The Morgan fingerprint density at radius 2 is 1.80 bits per heavy atom. The Morgan fingerprint density at radius 1 is 1.07 bits per heavy atom. The summed E-state index contributed by atoms with van der Waals surface area (Å²) >= 11 is 0. The van der Waals surface area contributed by atoms with Crippen LogP contribution in [-0.4, -0.2) is 62.9 Å². The van der Waals surface area contributed by atoms with E-state index in [1.807, 2.05) is 4.90 Å². The minimum atomic E-state index is -3.70. The van der Waals surface area contributed by atoms with Gasteiger partial charge in [-0.15, -0.1) is 0 Å². The van der Waals surface area contributed by atoms with Crippen LogP contribution in [0.5, 0.6) is 0 Å². The number of carbonyl (C=O) groups excluding carboxylic acids is 1. The van der Waals surface area contributed by atoms with Crippen LogP contribution < -0.4 is 0 Å². The second-order valence-corrected chi connectivity index (χ2v) is 9.95. The second-order valence-electron chi connectivity index (χ2n) is 8.06. The Balaban J connectivity index is 1.61. The molecule has 10 heteroatoms. The summed E-state index contributed by atoms with van der Waals surface area (Å²) in [7, 11) is -2.01. The number of nitrogens with zero attached hydrogens (tertiary/aromatic N) is 6. The predicted molar refractivity (Wildman–Crippen MR) is 110 cm³/mol. The summed E-state index contributed by atoms with van der Waals surface area (Å²) in [4.78, 5) is 23.9. The smallest absolute Gasteiger partial charge is 0.257 e. The maximum absolute atomic E-state index is 13.2. The van der Waals surface area contributed by atoms with Crippen molar-refractivity contribution in [3.8, 4) is 0 Å². The van der Waals surface area contributed by atoms with E-state index in [2.05, 4.69) is 15.1 Å². The third kappa shape index (κ3) is 3.98. The molecule has 4 rings (SSSR count). The zero-order valence-corrected chi connectivity index (χ0v) is 18.3. The van der Waals surface area contributed by atoms with Gasteiger partial charge >= 0.3 is 0 Å². The highest BCUT2D eigenvalue weighted by atomic mass is 32.2. The minimum absolute atomic E-state index is 0.0396. The number of likely N-dealkylation sites (tertiary alicyclic amines) is 1. The first kappa shape index (κ1) is 20.9. The molecule has 0 aromatic carbocycles. The lowest BCUT2D eigenvalue weighted by atomic mass is 10.0. The van der Waals surface area contributed by atoms with Gasteiger partial charge in [-0.2, -0.15) is 9.40 Å². The van der Waals surface area contributed by atoms with Crippen LogP contribution in [0.15, 0.2) is 23.5 Å². The molecule has 0 bridgehead atoms. The van der Waals surface area contributed by atoms with Gasteiger partial charge in [0.25, 0.3) is 5.91 Å². The monoisotopic (exact) mass is 432 g/mol. The first-order valence-electron chi connectivity index (χ1n) is 10.5. The number of sulfonamides is 1. The molecule has 2 aliphatic heterocycles. The highest BCUT2D eigenvalue weighted by Crippen LogP contribution is 2.34. The number of hydrogen-bond acceptors (Lipinski definition) is 6. The van der Waals surface area contributed by atoms with E-state index in [4.69, 9.17) is 0 Å². The molecule has 1 amide bonds. The van der Waals surface area contributed by atoms with Crippen LogP contribution in [0.4, 0.5) is 0 Å². The van der Waals surface area contributed by atoms with Crippen molar-refractivity contribution in [1.29, 1.82) is 0 Å². The summed E-state index contributed by atoms with van der Waals surface area (Å²) in [6, 6.07) is -0.443. The first-order chi connectivity index (χ1) is 14.4. The maximum Gasteiger partial charge on any atom is 0.257 e. The molecule has 0 spiro atoms. The topological polar surface area (TPSA) is 101 Å². The molecule has 4 heterocycles. The van der Waals surface area contributed by atoms with Crippen LogP contribution in [0.3, 0.4) is 0 Å². The fourth-order valence-electron chi connectivity index (χ4n) is 4.24. The standard InChI is InChI=1S/C20H28N6O3S/c1-15-17(20(27)25-9-5-3-6-10-25)13-21-19(23-15)18-8-4-7-11-26(18)30(28,29)16-12-22-24(2)14-16/h12-14,18H,3-11H2,1-2H3/t18-/m1/s1. The fraction of sp³-hybridized carbons (Fsp3) is 0.600. The summed E-state index contributed by atoms with van der Waals surface area (Å²) < 4.78 is 29.4. The van der Waals surface area contributed by atoms with Crippen LogP contribution in [0.2, 0.25) is 0 Å². The quantitative estimate of drug-likeness (QED) is 0.733. The number of rotatable bonds is 4. The molecule has 0 saturated carbocycles. The summed E-state index contributed by atoms with van der Waals surface area (Å²) in [5.41, 5.74) is 1.10. The largest absolute Gasteiger partial charge is 0.339 e. The zero-order valence-electron chi connectivity index (χ0n) is 17.5. The van der Waals surface area contributed by atoms with Crippen molar-refractivity contribution >= 4 is 15.9 Å². The van der Waals surface area contributed by atoms with Crippen LogP contribution in [-0.2, 0) is 17.1 Å². The Morgan fingerprint density at radius 3 is 2.47 bits per heavy atom. The molecule has 0 N–H and O–H groups in total. The highest BCUT2D eigenvalue weighted by molar-refractivity contribution is 7.89. The molecule has 9 nitrogen and oxygen atoms in total. The van der Waals surface area contributed by atoms with Gasteiger partial charge in [-0.25, -0.2) is 18.4 Å². The van der Waals surface area contributed by atoms with Crippen LogP contribution in [0, 0.1) is 6.92 Å². The Labute approximate surface area is 177 Å². The molecule has 1 atom stereocenters. The number of carbonyl (C=O) groups is 1. The minimum Gasteiger partial charge on any atom is -0.339 e. The van der Waals surface area contributed by atoms with Gasteiger partial charge in [-0.05, 0) is 39.0 Å². The SMILES string of the molecule is Cc1nc([C@H]2CCCCN2S(=O)(=O)c2cnn(C)c2)ncc1C(=O)N1CCCCC1. The normalized spacial score (nSPS) is 21.0. The number of piperidine rings is 2. The summed E-state index contributed by atoms with van der Waals surface area (Å²) in [6.45, 7) is 3.74. The number of aromatic nitrogens is 4. The number of amides is 1. The van der Waals surface area contributed by atoms with E-state index >= 15 is 0 Å². The predicted octanol–water partition coefficient (Wildman–Crippen LogP) is 2.06. The van der Waals surface area contributed by atoms with Gasteiger partial charge in [0.1, 0.15) is 10.7 Å². The molecule has 2 aromatic rings. The summed E-state index contributed by atoms with van der Waals surface area (Å²) in [5, 5.41) is 4.00. The van der Waals surface area contributed by atoms with E-state index < -0.39 is 16.1 Å². The average Bonchev–Trinajstić information content (AvgIpc) is 3.21. The highest BCUT2D eigenvalue weighted by Gasteiger charge is 2.37. The van der Waals surface area contributed by atoms with Crippen molar-refractivity contribution in [1.82, 2.24) is 29.0 Å². The van der Waals surface area contributed by atoms with Gasteiger partial charge in [0.05, 0.1) is 23.5 Å². The molecule has 30 heavy (non-hydrogen) atoms. The first-order valence-corrected chi connectivity index (χ1v) is 12.0. The summed E-state index contributed by atoms with van der Waals surface area (Å²) in [6.07, 6.45) is 9.99.